The summed E-state index contributed by atoms with van der Waals surface area (Å²) in [5, 5.41) is 3.40. The first-order chi connectivity index (χ1) is 8.49. The number of amides is 1. The smallest absolute Gasteiger partial charge is 0.315 e. The van der Waals surface area contributed by atoms with Crippen molar-refractivity contribution in [1.29, 1.82) is 0 Å². The van der Waals surface area contributed by atoms with Gasteiger partial charge in [0.2, 0.25) is 0 Å². The second kappa shape index (κ2) is 4.49. The lowest BCUT2D eigenvalue weighted by molar-refractivity contribution is 0.0958. The molecular formula is C10H8F2N4O2. The van der Waals surface area contributed by atoms with Crippen molar-refractivity contribution >= 4 is 5.91 Å². The molecule has 94 valence electrons. The molecule has 0 aliphatic rings. The van der Waals surface area contributed by atoms with Gasteiger partial charge >= 0.3 is 11.8 Å². The molecule has 4 N–H and O–H groups in total. The number of nitrogens with zero attached hydrogens (tertiary/aromatic N) is 2. The first kappa shape index (κ1) is 12.1. The summed E-state index contributed by atoms with van der Waals surface area (Å²) in [7, 11) is 0. The number of carbonyl (C=O) groups excluding carboxylic acids is 1. The minimum atomic E-state index is -1.08. The third kappa shape index (κ3) is 2.18. The number of halogens is 2. The Balaban J connectivity index is 2.35. The van der Waals surface area contributed by atoms with Crippen LogP contribution in [0.4, 0.5) is 8.78 Å². The van der Waals surface area contributed by atoms with E-state index >= 15 is 0 Å². The van der Waals surface area contributed by atoms with E-state index in [0.717, 1.165) is 12.1 Å². The van der Waals surface area contributed by atoms with Crippen LogP contribution in [0.5, 0.6) is 0 Å². The maximum atomic E-state index is 13.5. The van der Waals surface area contributed by atoms with Crippen LogP contribution < -0.4 is 11.5 Å². The molecule has 0 spiro atoms. The molecule has 0 saturated carbocycles. The summed E-state index contributed by atoms with van der Waals surface area (Å²) in [6.07, 6.45) is 0. The molecule has 18 heavy (non-hydrogen) atoms. The molecule has 1 aromatic carbocycles. The molecular weight excluding hydrogens is 246 g/mol. The highest BCUT2D eigenvalue weighted by atomic mass is 19.1. The van der Waals surface area contributed by atoms with Gasteiger partial charge in [-0.3, -0.25) is 4.79 Å². The van der Waals surface area contributed by atoms with Crippen molar-refractivity contribution in [2.45, 2.75) is 6.04 Å². The highest BCUT2D eigenvalue weighted by Crippen LogP contribution is 2.20. The maximum Gasteiger partial charge on any atom is 0.315 e. The minimum absolute atomic E-state index is 0.0202. The number of primary amides is 1. The number of hydrogen-bond acceptors (Lipinski definition) is 5. The third-order valence-electron chi connectivity index (χ3n) is 2.23. The number of aromatic nitrogens is 2. The zero-order valence-electron chi connectivity index (χ0n) is 8.93. The van der Waals surface area contributed by atoms with Crippen molar-refractivity contribution in [3.63, 3.8) is 0 Å². The van der Waals surface area contributed by atoms with Gasteiger partial charge in [-0.25, -0.2) is 8.78 Å². The molecule has 1 atom stereocenters. The number of nitrogens with two attached hydrogens (primary N) is 2. The van der Waals surface area contributed by atoms with E-state index in [1.54, 1.807) is 0 Å². The van der Waals surface area contributed by atoms with Gasteiger partial charge in [-0.1, -0.05) is 11.2 Å². The quantitative estimate of drug-likeness (QED) is 0.828. The van der Waals surface area contributed by atoms with E-state index in [9.17, 15) is 13.6 Å². The van der Waals surface area contributed by atoms with Gasteiger partial charge in [0.1, 0.15) is 11.6 Å². The summed E-state index contributed by atoms with van der Waals surface area (Å²) >= 11 is 0. The summed E-state index contributed by atoms with van der Waals surface area (Å²) in [6.45, 7) is 0. The second-order valence-electron chi connectivity index (χ2n) is 3.47. The van der Waals surface area contributed by atoms with Gasteiger partial charge in [0.15, 0.2) is 5.82 Å². The predicted molar refractivity (Wildman–Crippen MR) is 55.2 cm³/mol. The van der Waals surface area contributed by atoms with Crippen LogP contribution in [0, 0.1) is 11.6 Å². The van der Waals surface area contributed by atoms with E-state index < -0.39 is 29.5 Å². The standard InChI is InChI=1S/C10H8F2N4O2/c11-4-1-2-5(6(12)3-4)7(13)9-15-10(8(14)17)18-16-9/h1-3,7H,13H2,(H2,14,17). The fourth-order valence-corrected chi connectivity index (χ4v) is 1.35. The van der Waals surface area contributed by atoms with Gasteiger partial charge in [0.05, 0.1) is 6.04 Å². The zero-order chi connectivity index (χ0) is 13.3. The van der Waals surface area contributed by atoms with Crippen LogP contribution in [0.15, 0.2) is 22.7 Å². The Kier molecular flexibility index (Phi) is 3.02. The molecule has 1 aromatic heterocycles. The average Bonchev–Trinajstić information content (AvgIpc) is 2.77. The van der Waals surface area contributed by atoms with Crippen molar-refractivity contribution in [3.05, 3.63) is 47.1 Å². The fraction of sp³-hybridized carbons (Fsp3) is 0.100. The monoisotopic (exact) mass is 254 g/mol. The van der Waals surface area contributed by atoms with Crippen molar-refractivity contribution < 1.29 is 18.1 Å². The van der Waals surface area contributed by atoms with Gasteiger partial charge in [0.25, 0.3) is 0 Å². The van der Waals surface area contributed by atoms with Crippen molar-refractivity contribution in [3.8, 4) is 0 Å². The number of carbonyl (C=O) groups is 1. The summed E-state index contributed by atoms with van der Waals surface area (Å²) in [4.78, 5) is 14.4. The molecule has 0 saturated heterocycles. The number of benzene rings is 1. The topological polar surface area (TPSA) is 108 Å². The zero-order valence-corrected chi connectivity index (χ0v) is 8.93. The van der Waals surface area contributed by atoms with Crippen LogP contribution in [-0.2, 0) is 0 Å². The van der Waals surface area contributed by atoms with Crippen LogP contribution in [0.25, 0.3) is 0 Å². The van der Waals surface area contributed by atoms with E-state index in [2.05, 4.69) is 14.7 Å². The van der Waals surface area contributed by atoms with Crippen LogP contribution in [0.3, 0.4) is 0 Å². The SMILES string of the molecule is NC(=O)c1nc(C(N)c2ccc(F)cc2F)no1. The molecule has 2 rings (SSSR count). The minimum Gasteiger partial charge on any atom is -0.361 e. The Morgan fingerprint density at radius 3 is 2.67 bits per heavy atom. The third-order valence-corrected chi connectivity index (χ3v) is 2.23. The van der Waals surface area contributed by atoms with Gasteiger partial charge in [-0.05, 0) is 6.07 Å². The van der Waals surface area contributed by atoms with E-state index in [0.29, 0.717) is 6.07 Å². The summed E-state index contributed by atoms with van der Waals surface area (Å²) in [6, 6.07) is 1.82. The molecule has 1 heterocycles. The van der Waals surface area contributed by atoms with Gasteiger partial charge in [0, 0.05) is 11.6 Å². The molecule has 0 aliphatic carbocycles. The largest absolute Gasteiger partial charge is 0.361 e. The van der Waals surface area contributed by atoms with Crippen LogP contribution >= 0.6 is 0 Å². The molecule has 6 nitrogen and oxygen atoms in total. The Morgan fingerprint density at radius 2 is 2.11 bits per heavy atom. The van der Waals surface area contributed by atoms with Crippen LogP contribution in [0.1, 0.15) is 28.1 Å². The molecule has 1 amide bonds. The lowest BCUT2D eigenvalue weighted by atomic mass is 10.1. The van der Waals surface area contributed by atoms with E-state index in [1.165, 1.54) is 0 Å². The average molecular weight is 254 g/mol. The fourth-order valence-electron chi connectivity index (χ4n) is 1.35. The molecule has 2 aromatic rings. The second-order valence-corrected chi connectivity index (χ2v) is 3.47. The van der Waals surface area contributed by atoms with E-state index in [-0.39, 0.29) is 11.4 Å². The molecule has 0 fully saturated rings. The van der Waals surface area contributed by atoms with E-state index in [4.69, 9.17) is 11.5 Å². The summed E-state index contributed by atoms with van der Waals surface area (Å²) in [5.74, 6) is -3.03. The van der Waals surface area contributed by atoms with E-state index in [1.807, 2.05) is 0 Å². The number of rotatable bonds is 3. The van der Waals surface area contributed by atoms with Gasteiger partial charge < -0.3 is 16.0 Å². The lowest BCUT2D eigenvalue weighted by Gasteiger charge is -2.08. The van der Waals surface area contributed by atoms with Crippen molar-refractivity contribution in [2.24, 2.45) is 11.5 Å². The Hall–Kier alpha value is -2.35. The van der Waals surface area contributed by atoms with Crippen LogP contribution in [0.2, 0.25) is 0 Å². The first-order valence-electron chi connectivity index (χ1n) is 4.83. The highest BCUT2D eigenvalue weighted by molar-refractivity contribution is 5.87. The normalized spacial score (nSPS) is 12.4. The van der Waals surface area contributed by atoms with Gasteiger partial charge in [-0.2, -0.15) is 4.98 Å². The van der Waals surface area contributed by atoms with Gasteiger partial charge in [-0.15, -0.1) is 0 Å². The molecule has 8 heteroatoms. The summed E-state index contributed by atoms with van der Waals surface area (Å²) < 4.78 is 30.7. The molecule has 0 radical (unpaired) electrons. The highest BCUT2D eigenvalue weighted by Gasteiger charge is 2.21. The molecule has 0 aliphatic heterocycles. The summed E-state index contributed by atoms with van der Waals surface area (Å²) in [5.41, 5.74) is 10.6. The molecule has 1 unspecified atom stereocenters. The Morgan fingerprint density at radius 1 is 1.39 bits per heavy atom. The molecule has 0 bridgehead atoms. The number of hydrogen-bond donors (Lipinski definition) is 2. The van der Waals surface area contributed by atoms with Crippen molar-refractivity contribution in [2.75, 3.05) is 0 Å². The van der Waals surface area contributed by atoms with Crippen LogP contribution in [-0.4, -0.2) is 16.0 Å². The van der Waals surface area contributed by atoms with Crippen molar-refractivity contribution in [1.82, 2.24) is 10.1 Å². The Labute approximate surface area is 99.6 Å². The lowest BCUT2D eigenvalue weighted by Crippen LogP contribution is -2.16. The maximum absolute atomic E-state index is 13.5. The Bertz CT molecular complexity index is 599. The predicted octanol–water partition coefficient (Wildman–Crippen LogP) is 0.495. The first-order valence-corrected chi connectivity index (χ1v) is 4.83.